The molecule has 0 saturated heterocycles. The number of carboxylic acid groups (broad SMARTS) is 2. The third-order valence-corrected chi connectivity index (χ3v) is 12.5. The Bertz CT molecular complexity index is 3520. The second-order valence-electron chi connectivity index (χ2n) is 15.4. The van der Waals surface area contributed by atoms with E-state index in [-0.39, 0.29) is 41.6 Å². The third-order valence-electron chi connectivity index (χ3n) is 11.1. The van der Waals surface area contributed by atoms with Crippen molar-refractivity contribution in [3.63, 3.8) is 0 Å². The summed E-state index contributed by atoms with van der Waals surface area (Å²) in [7, 11) is 0. The van der Waals surface area contributed by atoms with E-state index in [0.717, 1.165) is 37.0 Å². The molecule has 0 bridgehead atoms. The van der Waals surface area contributed by atoms with Crippen LogP contribution in [0.15, 0.2) is 126 Å². The Balaban J connectivity index is 0.000000162. The number of thiophene rings is 2. The molecule has 17 heteroatoms. The highest BCUT2D eigenvalue weighted by Crippen LogP contribution is 2.33. The van der Waals surface area contributed by atoms with E-state index in [2.05, 4.69) is 9.97 Å². The Labute approximate surface area is 368 Å². The largest absolute Gasteiger partial charge is 0.508 e. The van der Waals surface area contributed by atoms with Crippen LogP contribution < -0.4 is 22.5 Å². The summed E-state index contributed by atoms with van der Waals surface area (Å²) < 4.78 is 5.09. The standard InChI is InChI=1S/C24H19N3O4S.C23H17N3O5S/c1-13-3-6-15(7-4-13)10-26-19-8-5-14(2)9-16(19)20(21(26)23(29)30)27-22(28)17-11-32-12-18(17)25-24(27)31;1-12-2-7-18-15(8-12)19(26-21(28)16-10-32-11-17(16)24-23(26)31)20(22(29)30)25(18)9-13-3-5-14(27)6-4-13/h3-9,11-12H,10H2,1-2H3,(H,25,31)(H,29,30);2-8,10-11,27H,9H2,1H3,(H,24,31)(H,29,30). The molecule has 10 aromatic rings. The van der Waals surface area contributed by atoms with E-state index in [1.165, 1.54) is 34.8 Å². The molecule has 0 unspecified atom stereocenters. The van der Waals surface area contributed by atoms with Crippen LogP contribution in [-0.4, -0.2) is 55.5 Å². The highest BCUT2D eigenvalue weighted by atomic mass is 32.1. The second-order valence-corrected chi connectivity index (χ2v) is 16.9. The van der Waals surface area contributed by atoms with Gasteiger partial charge in [-0.3, -0.25) is 9.59 Å². The number of aromatic carboxylic acids is 2. The molecule has 0 amide bonds. The van der Waals surface area contributed by atoms with Gasteiger partial charge in [-0.05, 0) is 68.3 Å². The number of aromatic nitrogens is 6. The molecule has 10 rings (SSSR count). The molecule has 5 N–H and O–H groups in total. The average Bonchev–Trinajstić information content (AvgIpc) is 4.05. The van der Waals surface area contributed by atoms with E-state index in [1.54, 1.807) is 54.9 Å². The average molecular weight is 893 g/mol. The van der Waals surface area contributed by atoms with Crippen molar-refractivity contribution in [2.75, 3.05) is 0 Å². The Hall–Kier alpha value is -8.02. The molecule has 4 aromatic carbocycles. The Morgan fingerprint density at radius 2 is 0.922 bits per heavy atom. The SMILES string of the molecule is Cc1ccc(Cn2c(C(=O)O)c(-n3c(=O)[nH]c4cscc4c3=O)c3cc(C)ccc32)cc1.Cc1ccc2c(c1)c(-n1c(=O)[nH]c3cscc3c1=O)c(C(=O)O)n2Cc1ccc(O)cc1. The minimum absolute atomic E-state index is 0.0364. The zero-order valence-corrected chi connectivity index (χ0v) is 35.8. The molecule has 0 spiro atoms. The Kier molecular flexibility index (Phi) is 10.4. The van der Waals surface area contributed by atoms with E-state index in [9.17, 15) is 44.1 Å². The summed E-state index contributed by atoms with van der Waals surface area (Å²) in [5.74, 6) is -2.37. The maximum absolute atomic E-state index is 13.3. The number of aryl methyl sites for hydroxylation is 3. The molecule has 64 heavy (non-hydrogen) atoms. The Morgan fingerprint density at radius 3 is 1.33 bits per heavy atom. The summed E-state index contributed by atoms with van der Waals surface area (Å²) in [4.78, 5) is 82.8. The van der Waals surface area contributed by atoms with E-state index < -0.39 is 34.4 Å². The molecule has 0 saturated carbocycles. The first kappa shape index (κ1) is 41.3. The number of carbonyl (C=O) groups is 2. The lowest BCUT2D eigenvalue weighted by Crippen LogP contribution is -2.34. The molecular formula is C47H36N6O9S2. The minimum atomic E-state index is -1.26. The van der Waals surface area contributed by atoms with Crippen molar-refractivity contribution >= 4 is 78.2 Å². The first-order valence-electron chi connectivity index (χ1n) is 19.7. The summed E-state index contributed by atoms with van der Waals surface area (Å²) in [6, 6.07) is 25.2. The van der Waals surface area contributed by atoms with Gasteiger partial charge in [-0.15, -0.1) is 22.7 Å². The highest BCUT2D eigenvalue weighted by molar-refractivity contribution is 7.09. The summed E-state index contributed by atoms with van der Waals surface area (Å²) >= 11 is 2.58. The highest BCUT2D eigenvalue weighted by Gasteiger charge is 2.29. The maximum Gasteiger partial charge on any atom is 0.354 e. The number of carboxylic acids is 2. The molecule has 0 fully saturated rings. The van der Waals surface area contributed by atoms with Gasteiger partial charge >= 0.3 is 23.3 Å². The predicted molar refractivity (Wildman–Crippen MR) is 248 cm³/mol. The summed E-state index contributed by atoms with van der Waals surface area (Å²) in [5.41, 5.74) is 3.97. The van der Waals surface area contributed by atoms with Crippen LogP contribution in [0.2, 0.25) is 0 Å². The number of hydrogen-bond donors (Lipinski definition) is 5. The zero-order chi connectivity index (χ0) is 45.1. The monoisotopic (exact) mass is 892 g/mol. The van der Waals surface area contributed by atoms with Crippen molar-refractivity contribution in [3.8, 4) is 17.1 Å². The summed E-state index contributed by atoms with van der Waals surface area (Å²) in [5, 5.41) is 38.3. The minimum Gasteiger partial charge on any atom is -0.508 e. The van der Waals surface area contributed by atoms with Gasteiger partial charge in [0.2, 0.25) is 0 Å². The number of nitrogens with one attached hydrogen (secondary N) is 2. The van der Waals surface area contributed by atoms with Crippen molar-refractivity contribution in [2.45, 2.75) is 33.9 Å². The Morgan fingerprint density at radius 1 is 0.531 bits per heavy atom. The van der Waals surface area contributed by atoms with Crippen molar-refractivity contribution in [3.05, 3.63) is 187 Å². The second kappa shape index (κ2) is 16.0. The van der Waals surface area contributed by atoms with Crippen LogP contribution in [0.4, 0.5) is 0 Å². The number of fused-ring (bicyclic) bond motifs is 4. The van der Waals surface area contributed by atoms with Crippen LogP contribution in [0.3, 0.4) is 0 Å². The fourth-order valence-electron chi connectivity index (χ4n) is 8.07. The summed E-state index contributed by atoms with van der Waals surface area (Å²) in [6.45, 7) is 6.19. The van der Waals surface area contributed by atoms with Gasteiger partial charge in [0, 0.05) is 45.4 Å². The normalized spacial score (nSPS) is 11.4. The van der Waals surface area contributed by atoms with Crippen LogP contribution in [-0.2, 0) is 13.1 Å². The number of aromatic hydroxyl groups is 1. The van der Waals surface area contributed by atoms with Crippen molar-refractivity contribution < 1.29 is 24.9 Å². The van der Waals surface area contributed by atoms with E-state index in [1.807, 2.05) is 69.3 Å². The number of phenols is 1. The topological polar surface area (TPSA) is 214 Å². The number of rotatable bonds is 8. The quantitative estimate of drug-likeness (QED) is 0.102. The van der Waals surface area contributed by atoms with Gasteiger partial charge in [-0.1, -0.05) is 65.2 Å². The van der Waals surface area contributed by atoms with Gasteiger partial charge in [0.15, 0.2) is 11.4 Å². The van der Waals surface area contributed by atoms with E-state index in [4.69, 9.17) is 0 Å². The molecule has 0 aliphatic heterocycles. The molecule has 6 heterocycles. The van der Waals surface area contributed by atoms with Gasteiger partial charge in [-0.25, -0.2) is 28.3 Å². The third kappa shape index (κ3) is 7.11. The molecule has 0 aliphatic carbocycles. The van der Waals surface area contributed by atoms with Gasteiger partial charge < -0.3 is 34.4 Å². The lowest BCUT2D eigenvalue weighted by molar-refractivity contribution is 0.0675. The smallest absolute Gasteiger partial charge is 0.354 e. The van der Waals surface area contributed by atoms with Gasteiger partial charge in [-0.2, -0.15) is 0 Å². The molecule has 320 valence electrons. The lowest BCUT2D eigenvalue weighted by Gasteiger charge is -2.10. The number of aromatic amines is 2. The fraction of sp³-hybridized carbons (Fsp3) is 0.106. The van der Waals surface area contributed by atoms with Gasteiger partial charge in [0.25, 0.3) is 11.1 Å². The number of hydrogen-bond acceptors (Lipinski definition) is 9. The fourth-order valence-corrected chi connectivity index (χ4v) is 9.58. The molecule has 0 aliphatic rings. The molecular weight excluding hydrogens is 857 g/mol. The molecule has 0 atom stereocenters. The van der Waals surface area contributed by atoms with Crippen LogP contribution in [0.1, 0.15) is 48.8 Å². The van der Waals surface area contributed by atoms with Gasteiger partial charge in [0.05, 0.1) is 44.2 Å². The lowest BCUT2D eigenvalue weighted by atomic mass is 10.1. The van der Waals surface area contributed by atoms with E-state index >= 15 is 0 Å². The maximum atomic E-state index is 13.3. The van der Waals surface area contributed by atoms with Gasteiger partial charge in [0.1, 0.15) is 5.75 Å². The number of nitrogens with zero attached hydrogens (tertiary/aromatic N) is 4. The van der Waals surface area contributed by atoms with Crippen molar-refractivity contribution in [1.82, 2.24) is 28.2 Å². The van der Waals surface area contributed by atoms with Crippen molar-refractivity contribution in [1.29, 1.82) is 0 Å². The molecule has 15 nitrogen and oxygen atoms in total. The molecule has 6 aromatic heterocycles. The number of phenolic OH excluding ortho intramolecular Hbond substituents is 1. The van der Waals surface area contributed by atoms with Crippen molar-refractivity contribution in [2.24, 2.45) is 0 Å². The van der Waals surface area contributed by atoms with Crippen LogP contribution >= 0.6 is 22.7 Å². The number of benzene rings is 4. The number of H-pyrrole nitrogens is 2. The van der Waals surface area contributed by atoms with Crippen LogP contribution in [0, 0.1) is 20.8 Å². The predicted octanol–water partition coefficient (Wildman–Crippen LogP) is 7.51. The first-order valence-corrected chi connectivity index (χ1v) is 21.6. The van der Waals surface area contributed by atoms with E-state index in [0.29, 0.717) is 43.6 Å². The van der Waals surface area contributed by atoms with Crippen LogP contribution in [0.25, 0.3) is 55.0 Å². The summed E-state index contributed by atoms with van der Waals surface area (Å²) in [6.07, 6.45) is 0. The van der Waals surface area contributed by atoms with Crippen LogP contribution in [0.5, 0.6) is 5.75 Å². The first-order chi connectivity index (χ1) is 30.7. The molecule has 0 radical (unpaired) electrons. The zero-order valence-electron chi connectivity index (χ0n) is 34.2.